The molecule has 3 aromatic heterocycles. The van der Waals surface area contributed by atoms with Crippen LogP contribution in [0, 0.1) is 0 Å². The minimum absolute atomic E-state index is 0.000665. The van der Waals surface area contributed by atoms with Gasteiger partial charge in [0.25, 0.3) is 11.5 Å². The highest BCUT2D eigenvalue weighted by Gasteiger charge is 2.32. The Morgan fingerprint density at radius 2 is 1.97 bits per heavy atom. The Labute approximate surface area is 168 Å². The molecule has 1 aliphatic carbocycles. The number of aromatic nitrogens is 2. The highest BCUT2D eigenvalue weighted by atomic mass is 32.1. The number of nitrogens with one attached hydrogen (secondary N) is 1. The summed E-state index contributed by atoms with van der Waals surface area (Å²) in [6, 6.07) is 5.05. The molecule has 4 rings (SSSR count). The zero-order valence-electron chi connectivity index (χ0n) is 15.3. The van der Waals surface area contributed by atoms with Crippen LogP contribution in [-0.2, 0) is 6.18 Å². The van der Waals surface area contributed by atoms with E-state index in [1.54, 1.807) is 17.5 Å². The number of pyridine rings is 1. The molecule has 1 aliphatic rings. The third kappa shape index (κ3) is 3.91. The van der Waals surface area contributed by atoms with Gasteiger partial charge in [-0.2, -0.15) is 13.2 Å². The molecule has 0 unspecified atom stereocenters. The summed E-state index contributed by atoms with van der Waals surface area (Å²) in [6.07, 6.45) is 1.34. The van der Waals surface area contributed by atoms with Crippen molar-refractivity contribution < 1.29 is 18.0 Å². The summed E-state index contributed by atoms with van der Waals surface area (Å²) < 4.78 is 41.1. The molecule has 1 saturated carbocycles. The molecule has 3 aromatic rings. The fourth-order valence-electron chi connectivity index (χ4n) is 3.63. The number of amides is 1. The Bertz CT molecular complexity index is 1100. The van der Waals surface area contributed by atoms with E-state index in [4.69, 9.17) is 0 Å². The minimum Gasteiger partial charge on any atom is -0.349 e. The predicted octanol–water partition coefficient (Wildman–Crippen LogP) is 4.50. The number of thiophene rings is 1. The third-order valence-corrected chi connectivity index (χ3v) is 5.98. The van der Waals surface area contributed by atoms with Gasteiger partial charge in [-0.1, -0.05) is 25.3 Å². The molecule has 0 aliphatic heterocycles. The van der Waals surface area contributed by atoms with Crippen molar-refractivity contribution in [1.29, 1.82) is 0 Å². The van der Waals surface area contributed by atoms with Crippen molar-refractivity contribution in [1.82, 2.24) is 14.7 Å². The lowest BCUT2D eigenvalue weighted by Gasteiger charge is -2.22. The first-order valence-electron chi connectivity index (χ1n) is 9.32. The second kappa shape index (κ2) is 7.62. The van der Waals surface area contributed by atoms with Crippen molar-refractivity contribution in [3.05, 3.63) is 57.3 Å². The smallest absolute Gasteiger partial charge is 0.349 e. The summed E-state index contributed by atoms with van der Waals surface area (Å²) in [5.41, 5.74) is -1.84. The van der Waals surface area contributed by atoms with Gasteiger partial charge >= 0.3 is 6.18 Å². The van der Waals surface area contributed by atoms with E-state index in [9.17, 15) is 22.8 Å². The van der Waals surface area contributed by atoms with E-state index in [0.717, 1.165) is 54.8 Å². The Balaban J connectivity index is 1.83. The van der Waals surface area contributed by atoms with Gasteiger partial charge in [0.1, 0.15) is 11.2 Å². The van der Waals surface area contributed by atoms with E-state index in [0.29, 0.717) is 4.88 Å². The second-order valence-electron chi connectivity index (χ2n) is 7.08. The fraction of sp³-hybridized carbons (Fsp3) is 0.350. The molecular formula is C20H18F3N3O2S. The summed E-state index contributed by atoms with van der Waals surface area (Å²) >= 11 is 1.21. The highest BCUT2D eigenvalue weighted by molar-refractivity contribution is 7.13. The molecule has 0 spiro atoms. The molecule has 9 heteroatoms. The van der Waals surface area contributed by atoms with Crippen LogP contribution in [-0.4, -0.2) is 21.3 Å². The number of hydrogen-bond acceptors (Lipinski definition) is 4. The summed E-state index contributed by atoms with van der Waals surface area (Å²) in [5.74, 6) is -0.541. The molecule has 1 amide bonds. The summed E-state index contributed by atoms with van der Waals surface area (Å²) in [6.45, 7) is 0. The lowest BCUT2D eigenvalue weighted by atomic mass is 9.95. The molecule has 0 bridgehead atoms. The van der Waals surface area contributed by atoms with Gasteiger partial charge in [0.05, 0.1) is 16.1 Å². The van der Waals surface area contributed by atoms with Gasteiger partial charge in [-0.05, 0) is 36.4 Å². The zero-order valence-corrected chi connectivity index (χ0v) is 16.1. The maximum atomic E-state index is 13.3. The van der Waals surface area contributed by atoms with E-state index in [1.165, 1.54) is 11.3 Å². The van der Waals surface area contributed by atoms with Crippen LogP contribution >= 0.6 is 11.3 Å². The Morgan fingerprint density at radius 3 is 2.62 bits per heavy atom. The van der Waals surface area contributed by atoms with Gasteiger partial charge in [0.15, 0.2) is 0 Å². The lowest BCUT2D eigenvalue weighted by Crippen LogP contribution is -2.39. The first kappa shape index (κ1) is 19.6. The molecule has 1 fully saturated rings. The number of halogens is 3. The molecule has 0 aromatic carbocycles. The third-order valence-electron chi connectivity index (χ3n) is 5.09. The molecular weight excluding hydrogens is 403 g/mol. The van der Waals surface area contributed by atoms with Gasteiger partial charge in [-0.25, -0.2) is 4.98 Å². The van der Waals surface area contributed by atoms with Crippen molar-refractivity contribution in [3.63, 3.8) is 0 Å². The normalized spacial score (nSPS) is 15.6. The fourth-order valence-corrected chi connectivity index (χ4v) is 4.36. The van der Waals surface area contributed by atoms with Gasteiger partial charge < -0.3 is 5.32 Å². The van der Waals surface area contributed by atoms with E-state index in [-0.39, 0.29) is 22.9 Å². The summed E-state index contributed by atoms with van der Waals surface area (Å²) in [7, 11) is 0. The molecule has 0 saturated heterocycles. The number of rotatable bonds is 3. The van der Waals surface area contributed by atoms with E-state index < -0.39 is 23.2 Å². The molecule has 0 atom stereocenters. The van der Waals surface area contributed by atoms with Crippen LogP contribution in [0.5, 0.6) is 0 Å². The van der Waals surface area contributed by atoms with Crippen LogP contribution in [0.1, 0.15) is 48.0 Å². The molecule has 152 valence electrons. The van der Waals surface area contributed by atoms with Crippen molar-refractivity contribution in [2.24, 2.45) is 0 Å². The van der Waals surface area contributed by atoms with Gasteiger partial charge in [-0.3, -0.25) is 14.0 Å². The van der Waals surface area contributed by atoms with Crippen LogP contribution in [0.3, 0.4) is 0 Å². The first-order chi connectivity index (χ1) is 13.8. The maximum absolute atomic E-state index is 13.3. The number of nitrogens with zero attached hydrogens (tertiary/aromatic N) is 2. The van der Waals surface area contributed by atoms with Crippen LogP contribution < -0.4 is 10.9 Å². The SMILES string of the molecule is O=C(NC1CCCCC1)c1cnc2cc(C(F)(F)F)cc(-c3cccs3)n2c1=O. The monoisotopic (exact) mass is 421 g/mol. The zero-order chi connectivity index (χ0) is 20.6. The summed E-state index contributed by atoms with van der Waals surface area (Å²) in [4.78, 5) is 30.2. The Hall–Kier alpha value is -2.68. The van der Waals surface area contributed by atoms with Crippen LogP contribution in [0.15, 0.2) is 40.6 Å². The number of alkyl halides is 3. The topological polar surface area (TPSA) is 63.5 Å². The van der Waals surface area contributed by atoms with Crippen molar-refractivity contribution in [2.45, 2.75) is 44.3 Å². The van der Waals surface area contributed by atoms with Gasteiger partial charge in [-0.15, -0.1) is 11.3 Å². The second-order valence-corrected chi connectivity index (χ2v) is 8.03. The van der Waals surface area contributed by atoms with Crippen molar-refractivity contribution in [2.75, 3.05) is 0 Å². The van der Waals surface area contributed by atoms with Crippen molar-refractivity contribution >= 4 is 22.9 Å². The Morgan fingerprint density at radius 1 is 1.21 bits per heavy atom. The minimum atomic E-state index is -4.58. The van der Waals surface area contributed by atoms with E-state index in [1.807, 2.05) is 0 Å². The lowest BCUT2D eigenvalue weighted by molar-refractivity contribution is -0.137. The largest absolute Gasteiger partial charge is 0.416 e. The number of fused-ring (bicyclic) bond motifs is 1. The molecule has 29 heavy (non-hydrogen) atoms. The van der Waals surface area contributed by atoms with E-state index in [2.05, 4.69) is 10.3 Å². The molecule has 0 radical (unpaired) electrons. The summed E-state index contributed by atoms with van der Waals surface area (Å²) in [5, 5.41) is 4.57. The van der Waals surface area contributed by atoms with Crippen molar-refractivity contribution in [3.8, 4) is 10.6 Å². The molecule has 3 heterocycles. The predicted molar refractivity (Wildman–Crippen MR) is 104 cm³/mol. The first-order valence-corrected chi connectivity index (χ1v) is 10.2. The van der Waals surface area contributed by atoms with Crippen LogP contribution in [0.2, 0.25) is 0 Å². The van der Waals surface area contributed by atoms with Crippen LogP contribution in [0.25, 0.3) is 16.2 Å². The molecule has 5 nitrogen and oxygen atoms in total. The Kier molecular flexibility index (Phi) is 5.16. The average Bonchev–Trinajstić information content (AvgIpc) is 3.22. The number of carbonyl (C=O) groups is 1. The highest BCUT2D eigenvalue weighted by Crippen LogP contribution is 2.34. The quantitative estimate of drug-likeness (QED) is 0.677. The van der Waals surface area contributed by atoms with Crippen LogP contribution in [0.4, 0.5) is 13.2 Å². The number of hydrogen-bond donors (Lipinski definition) is 1. The average molecular weight is 421 g/mol. The number of carbonyl (C=O) groups excluding carboxylic acids is 1. The van der Waals surface area contributed by atoms with E-state index >= 15 is 0 Å². The van der Waals surface area contributed by atoms with Gasteiger partial charge in [0.2, 0.25) is 0 Å². The maximum Gasteiger partial charge on any atom is 0.416 e. The van der Waals surface area contributed by atoms with Gasteiger partial charge in [0, 0.05) is 12.2 Å². The molecule has 1 N–H and O–H groups in total. The standard InChI is InChI=1S/C20H18F3N3O2S/c21-20(22,23)12-9-15(16-7-4-8-29-16)26-17(10-12)24-11-14(19(26)28)18(27)25-13-5-2-1-3-6-13/h4,7-11,13H,1-3,5-6H2,(H,25,27).